The van der Waals surface area contributed by atoms with Crippen LogP contribution in [0.2, 0.25) is 0 Å². The molecule has 3 aliphatic heterocycles. The van der Waals surface area contributed by atoms with E-state index in [2.05, 4.69) is 44.8 Å². The first-order chi connectivity index (χ1) is 17.9. The third-order valence-electron chi connectivity index (χ3n) is 7.82. The fraction of sp³-hybridized carbons (Fsp3) is 0.407. The summed E-state index contributed by atoms with van der Waals surface area (Å²) < 4.78 is 1.79. The standard InChI is InChI=1S/C27H28N8O2/c1-27(2)16-34(15-18-12-29-14-20(18)27)25(36)21-10-23(17(11-28)13-31-21)33-8-5-19(6-9-33)35-22-4-3-7-30-24(22)32-26(35)37/h3-4,7,10,12-13,19H,5-6,8-9,14-16H2,1-2H3,(H,30,32,37). The summed E-state index contributed by atoms with van der Waals surface area (Å²) in [7, 11) is 0. The molecule has 3 aromatic rings. The van der Waals surface area contributed by atoms with Crippen molar-refractivity contribution in [2.75, 3.05) is 37.6 Å². The summed E-state index contributed by atoms with van der Waals surface area (Å²) in [5, 5.41) is 9.77. The molecule has 0 aromatic carbocycles. The van der Waals surface area contributed by atoms with Crippen molar-refractivity contribution in [3.8, 4) is 6.07 Å². The van der Waals surface area contributed by atoms with Gasteiger partial charge in [0.2, 0.25) is 0 Å². The molecular weight excluding hydrogens is 468 g/mol. The molecule has 0 bridgehead atoms. The highest BCUT2D eigenvalue weighted by atomic mass is 16.2. The van der Waals surface area contributed by atoms with E-state index in [1.807, 2.05) is 23.2 Å². The molecule has 1 fully saturated rings. The third-order valence-corrected chi connectivity index (χ3v) is 7.82. The van der Waals surface area contributed by atoms with Gasteiger partial charge in [0.15, 0.2) is 5.65 Å². The molecule has 0 atom stereocenters. The molecule has 0 spiro atoms. The molecule has 0 radical (unpaired) electrons. The number of rotatable bonds is 3. The Bertz CT molecular complexity index is 1560. The third kappa shape index (κ3) is 3.91. The Kier molecular flexibility index (Phi) is 5.44. The van der Waals surface area contributed by atoms with Crippen LogP contribution in [0.15, 0.2) is 51.5 Å². The monoisotopic (exact) mass is 496 g/mol. The van der Waals surface area contributed by atoms with Gasteiger partial charge in [-0.1, -0.05) is 13.8 Å². The fourth-order valence-corrected chi connectivity index (χ4v) is 5.95. The van der Waals surface area contributed by atoms with Crippen LogP contribution in [0.25, 0.3) is 11.2 Å². The van der Waals surface area contributed by atoms with Gasteiger partial charge in [0, 0.05) is 56.2 Å². The van der Waals surface area contributed by atoms with Crippen molar-refractivity contribution < 1.29 is 4.79 Å². The molecule has 10 nitrogen and oxygen atoms in total. The maximum atomic E-state index is 13.5. The Morgan fingerprint density at radius 3 is 2.84 bits per heavy atom. The fourth-order valence-electron chi connectivity index (χ4n) is 5.95. The van der Waals surface area contributed by atoms with Gasteiger partial charge in [0.25, 0.3) is 5.91 Å². The van der Waals surface area contributed by atoms with E-state index >= 15 is 0 Å². The maximum Gasteiger partial charge on any atom is 0.327 e. The molecule has 37 heavy (non-hydrogen) atoms. The van der Waals surface area contributed by atoms with Crippen LogP contribution in [-0.4, -0.2) is 69.3 Å². The van der Waals surface area contributed by atoms with E-state index in [4.69, 9.17) is 0 Å². The number of H-pyrrole nitrogens is 1. The lowest BCUT2D eigenvalue weighted by Gasteiger charge is -2.39. The van der Waals surface area contributed by atoms with Crippen molar-refractivity contribution in [1.82, 2.24) is 24.4 Å². The minimum absolute atomic E-state index is 0.0290. The van der Waals surface area contributed by atoms with E-state index < -0.39 is 0 Å². The number of aromatic nitrogens is 4. The van der Waals surface area contributed by atoms with Crippen LogP contribution in [0, 0.1) is 16.7 Å². The number of aliphatic imine (C=N–C) groups is 1. The molecule has 1 saturated heterocycles. The maximum absolute atomic E-state index is 13.5. The second kappa shape index (κ2) is 8.69. The molecule has 6 heterocycles. The molecule has 0 aliphatic carbocycles. The van der Waals surface area contributed by atoms with Gasteiger partial charge >= 0.3 is 5.69 Å². The first-order valence-electron chi connectivity index (χ1n) is 12.6. The van der Waals surface area contributed by atoms with Crippen LogP contribution >= 0.6 is 0 Å². The second-order valence-corrected chi connectivity index (χ2v) is 10.6. The van der Waals surface area contributed by atoms with E-state index in [9.17, 15) is 14.9 Å². The van der Waals surface area contributed by atoms with Gasteiger partial charge in [-0.15, -0.1) is 0 Å². The molecule has 1 N–H and O–H groups in total. The highest BCUT2D eigenvalue weighted by Crippen LogP contribution is 2.37. The Labute approximate surface area is 214 Å². The molecule has 0 unspecified atom stereocenters. The summed E-state index contributed by atoms with van der Waals surface area (Å²) in [5.41, 5.74) is 5.00. The highest BCUT2D eigenvalue weighted by molar-refractivity contribution is 5.95. The number of pyridine rings is 2. The van der Waals surface area contributed by atoms with Crippen LogP contribution in [0.5, 0.6) is 0 Å². The van der Waals surface area contributed by atoms with Crippen molar-refractivity contribution >= 4 is 29.0 Å². The zero-order valence-corrected chi connectivity index (χ0v) is 20.9. The van der Waals surface area contributed by atoms with Crippen LogP contribution < -0.4 is 10.6 Å². The number of hydrogen-bond acceptors (Lipinski definition) is 7. The van der Waals surface area contributed by atoms with Gasteiger partial charge in [0.1, 0.15) is 11.8 Å². The minimum atomic E-state index is -0.156. The van der Waals surface area contributed by atoms with E-state index in [1.165, 1.54) is 11.8 Å². The van der Waals surface area contributed by atoms with Crippen molar-refractivity contribution in [2.45, 2.75) is 32.7 Å². The van der Waals surface area contributed by atoms with Crippen molar-refractivity contribution in [2.24, 2.45) is 10.4 Å². The van der Waals surface area contributed by atoms with Crippen molar-refractivity contribution in [3.05, 3.63) is 63.5 Å². The van der Waals surface area contributed by atoms with Gasteiger partial charge in [-0.25, -0.2) is 14.8 Å². The minimum Gasteiger partial charge on any atom is -0.370 e. The SMILES string of the molecule is CC1(C)CN(C(=O)c2cc(N3CCC(n4c(=O)[nH]c5ncccc54)CC3)c(C#N)cn2)CC2=C1CN=C2. The quantitative estimate of drug-likeness (QED) is 0.595. The largest absolute Gasteiger partial charge is 0.370 e. The number of nitrogens with zero attached hydrogens (tertiary/aromatic N) is 7. The number of amides is 1. The van der Waals surface area contributed by atoms with Gasteiger partial charge in [-0.2, -0.15) is 5.26 Å². The number of carbonyl (C=O) groups excluding carboxylic acids is 1. The Morgan fingerprint density at radius 1 is 1.24 bits per heavy atom. The zero-order chi connectivity index (χ0) is 25.7. The number of imidazole rings is 1. The van der Waals surface area contributed by atoms with Gasteiger partial charge < -0.3 is 9.80 Å². The Balaban J connectivity index is 1.23. The number of nitriles is 1. The lowest BCUT2D eigenvalue weighted by Crippen LogP contribution is -2.45. The number of piperidine rings is 1. The van der Waals surface area contributed by atoms with Gasteiger partial charge in [0.05, 0.1) is 23.3 Å². The summed E-state index contributed by atoms with van der Waals surface area (Å²) in [6, 6.07) is 7.75. The molecule has 0 saturated carbocycles. The molecule has 188 valence electrons. The van der Waals surface area contributed by atoms with Gasteiger partial charge in [-0.3, -0.25) is 19.3 Å². The first kappa shape index (κ1) is 23.2. The van der Waals surface area contributed by atoms with E-state index in [0.717, 1.165) is 23.9 Å². The molecule has 3 aromatic heterocycles. The average Bonchev–Trinajstić information content (AvgIpc) is 3.52. The summed E-state index contributed by atoms with van der Waals surface area (Å²) in [4.78, 5) is 46.0. The molecule has 10 heteroatoms. The summed E-state index contributed by atoms with van der Waals surface area (Å²) in [5.74, 6) is -0.140. The first-order valence-corrected chi connectivity index (χ1v) is 12.6. The second-order valence-electron chi connectivity index (χ2n) is 10.6. The van der Waals surface area contributed by atoms with Crippen LogP contribution in [0.4, 0.5) is 5.69 Å². The van der Waals surface area contributed by atoms with E-state index in [0.29, 0.717) is 55.3 Å². The summed E-state index contributed by atoms with van der Waals surface area (Å²) in [6.07, 6.45) is 6.51. The molecule has 1 amide bonds. The Hall–Kier alpha value is -4.26. The molecular formula is C27H28N8O2. The van der Waals surface area contributed by atoms with Crippen LogP contribution in [0.1, 0.15) is 48.8 Å². The van der Waals surface area contributed by atoms with Crippen molar-refractivity contribution in [3.63, 3.8) is 0 Å². The summed E-state index contributed by atoms with van der Waals surface area (Å²) >= 11 is 0. The van der Waals surface area contributed by atoms with E-state index in [1.54, 1.807) is 16.8 Å². The Morgan fingerprint density at radius 2 is 2.05 bits per heavy atom. The topological polar surface area (TPSA) is 123 Å². The zero-order valence-electron chi connectivity index (χ0n) is 20.9. The smallest absolute Gasteiger partial charge is 0.327 e. The number of aromatic amines is 1. The predicted molar refractivity (Wildman–Crippen MR) is 140 cm³/mol. The van der Waals surface area contributed by atoms with E-state index in [-0.39, 0.29) is 23.1 Å². The van der Waals surface area contributed by atoms with Crippen LogP contribution in [0.3, 0.4) is 0 Å². The highest BCUT2D eigenvalue weighted by Gasteiger charge is 2.37. The number of fused-ring (bicyclic) bond motifs is 1. The molecule has 3 aliphatic rings. The predicted octanol–water partition coefficient (Wildman–Crippen LogP) is 2.70. The normalized spacial score (nSPS) is 19.4. The lowest BCUT2D eigenvalue weighted by molar-refractivity contribution is 0.0700. The van der Waals surface area contributed by atoms with Crippen LogP contribution in [-0.2, 0) is 0 Å². The molecule has 6 rings (SSSR count). The number of nitrogens with one attached hydrogen (secondary N) is 1. The van der Waals surface area contributed by atoms with Crippen molar-refractivity contribution in [1.29, 1.82) is 5.26 Å². The number of anilines is 1. The number of hydrogen-bond donors (Lipinski definition) is 1. The average molecular weight is 497 g/mol. The lowest BCUT2D eigenvalue weighted by atomic mass is 9.79. The van der Waals surface area contributed by atoms with Gasteiger partial charge in [-0.05, 0) is 42.2 Å². The summed E-state index contributed by atoms with van der Waals surface area (Å²) in [6.45, 7) is 7.43. The number of carbonyl (C=O) groups is 1.